The van der Waals surface area contributed by atoms with Crippen LogP contribution in [0.2, 0.25) is 0 Å². The maximum atomic E-state index is 12.8. The summed E-state index contributed by atoms with van der Waals surface area (Å²) in [6.45, 7) is 4.11. The van der Waals surface area contributed by atoms with Gasteiger partial charge >= 0.3 is 0 Å². The van der Waals surface area contributed by atoms with Gasteiger partial charge in [-0.2, -0.15) is 5.26 Å². The fourth-order valence-electron chi connectivity index (χ4n) is 3.19. The zero-order chi connectivity index (χ0) is 21.1. The van der Waals surface area contributed by atoms with E-state index in [4.69, 9.17) is 4.98 Å². The molecule has 0 unspecified atom stereocenters. The van der Waals surface area contributed by atoms with Gasteiger partial charge in [-0.1, -0.05) is 55.9 Å². The monoisotopic (exact) mass is 416 g/mol. The van der Waals surface area contributed by atoms with Crippen molar-refractivity contribution in [2.24, 2.45) is 0 Å². The number of fused-ring (bicyclic) bond motifs is 1. The molecule has 4 rings (SSSR count). The molecule has 0 aliphatic carbocycles. The number of nitriles is 1. The Morgan fingerprint density at radius 3 is 2.53 bits per heavy atom. The lowest BCUT2D eigenvalue weighted by Gasteiger charge is -2.09. The van der Waals surface area contributed by atoms with E-state index in [0.29, 0.717) is 27.6 Å². The van der Waals surface area contributed by atoms with E-state index in [0.717, 1.165) is 11.5 Å². The Kier molecular flexibility index (Phi) is 5.63. The number of benzene rings is 2. The molecule has 0 atom stereocenters. The van der Waals surface area contributed by atoms with E-state index in [9.17, 15) is 10.1 Å². The van der Waals surface area contributed by atoms with Crippen molar-refractivity contribution in [3.05, 3.63) is 76.6 Å². The number of aromatic nitrogens is 5. The number of hydrogen-bond donors (Lipinski definition) is 0. The third-order valence-electron chi connectivity index (χ3n) is 4.63. The minimum absolute atomic E-state index is 0.0459. The summed E-state index contributed by atoms with van der Waals surface area (Å²) in [5, 5.41) is 15.0. The quantitative estimate of drug-likeness (QED) is 0.443. The molecule has 30 heavy (non-hydrogen) atoms. The van der Waals surface area contributed by atoms with Gasteiger partial charge < -0.3 is 0 Å². The molecule has 0 aliphatic heterocycles. The molecule has 0 amide bonds. The van der Waals surface area contributed by atoms with E-state index >= 15 is 0 Å². The Labute approximate surface area is 178 Å². The van der Waals surface area contributed by atoms with Crippen molar-refractivity contribution >= 4 is 22.7 Å². The van der Waals surface area contributed by atoms with E-state index in [1.165, 1.54) is 16.3 Å². The van der Waals surface area contributed by atoms with Gasteiger partial charge in [0.25, 0.3) is 5.56 Å². The molecule has 0 saturated heterocycles. The summed E-state index contributed by atoms with van der Waals surface area (Å²) < 4.78 is 3.27. The van der Waals surface area contributed by atoms with E-state index < -0.39 is 0 Å². The van der Waals surface area contributed by atoms with Gasteiger partial charge in [-0.25, -0.2) is 14.6 Å². The summed E-state index contributed by atoms with van der Waals surface area (Å²) in [6, 6.07) is 19.1. The molecule has 2 heterocycles. The topological polar surface area (TPSA) is 89.4 Å². The van der Waals surface area contributed by atoms with Gasteiger partial charge in [-0.15, -0.1) is 5.10 Å². The maximum absolute atomic E-state index is 12.8. The summed E-state index contributed by atoms with van der Waals surface area (Å²) in [7, 11) is 0. The van der Waals surface area contributed by atoms with Crippen molar-refractivity contribution in [3.63, 3.8) is 0 Å². The summed E-state index contributed by atoms with van der Waals surface area (Å²) >= 11 is 1.40. The Morgan fingerprint density at radius 2 is 1.80 bits per heavy atom. The molecule has 150 valence electrons. The lowest BCUT2D eigenvalue weighted by Crippen LogP contribution is -2.24. The van der Waals surface area contributed by atoms with Gasteiger partial charge in [0.1, 0.15) is 18.2 Å². The summed E-state index contributed by atoms with van der Waals surface area (Å²) in [5.74, 6) is 1.98. The fraction of sp³-hybridized carbons (Fsp3) is 0.227. The molecule has 0 spiro atoms. The Hall–Kier alpha value is -3.44. The van der Waals surface area contributed by atoms with Crippen molar-refractivity contribution < 1.29 is 0 Å². The van der Waals surface area contributed by atoms with Gasteiger partial charge in [0.15, 0.2) is 0 Å². The van der Waals surface area contributed by atoms with Crippen LogP contribution in [-0.4, -0.2) is 24.3 Å². The number of rotatable bonds is 6. The van der Waals surface area contributed by atoms with Crippen molar-refractivity contribution in [1.29, 1.82) is 5.26 Å². The molecule has 0 aliphatic rings. The normalized spacial score (nSPS) is 11.1. The Bertz CT molecular complexity index is 1290. The third kappa shape index (κ3) is 3.84. The Morgan fingerprint density at radius 1 is 1.07 bits per heavy atom. The van der Waals surface area contributed by atoms with Crippen LogP contribution in [0, 0.1) is 11.3 Å². The van der Waals surface area contributed by atoms with Crippen LogP contribution in [0.4, 0.5) is 0 Å². The van der Waals surface area contributed by atoms with Crippen LogP contribution in [0.25, 0.3) is 16.6 Å². The molecular weight excluding hydrogens is 396 g/mol. The van der Waals surface area contributed by atoms with Gasteiger partial charge in [0.05, 0.1) is 28.4 Å². The van der Waals surface area contributed by atoms with Gasteiger partial charge in [-0.3, -0.25) is 9.36 Å². The SMILES string of the molecule is CC(C)c1nc(SCc2nc3ccccc3c(=O)n2CC#N)nn1-c1ccccc1. The summed E-state index contributed by atoms with van der Waals surface area (Å²) in [5.41, 5.74) is 1.37. The van der Waals surface area contributed by atoms with Crippen LogP contribution in [0.5, 0.6) is 0 Å². The van der Waals surface area contributed by atoms with Crippen LogP contribution < -0.4 is 5.56 Å². The average molecular weight is 417 g/mol. The molecule has 0 radical (unpaired) electrons. The highest BCUT2D eigenvalue weighted by Crippen LogP contribution is 2.24. The fourth-order valence-corrected chi connectivity index (χ4v) is 3.96. The second-order valence-corrected chi connectivity index (χ2v) is 7.98. The molecule has 0 fully saturated rings. The first-order valence-corrected chi connectivity index (χ1v) is 10.6. The molecular formula is C22H20N6OS. The first kappa shape index (κ1) is 19.9. The zero-order valence-corrected chi connectivity index (χ0v) is 17.5. The summed E-state index contributed by atoms with van der Waals surface area (Å²) in [6.07, 6.45) is 0. The lowest BCUT2D eigenvalue weighted by atomic mass is 10.2. The van der Waals surface area contributed by atoms with E-state index in [1.54, 1.807) is 18.2 Å². The standard InChI is InChI=1S/C22H20N6OS/c1-15(2)20-25-22(26-28(20)16-8-4-3-5-9-16)30-14-19-24-18-11-7-6-10-17(18)21(29)27(19)13-12-23/h3-11,15H,13-14H2,1-2H3. The second kappa shape index (κ2) is 8.51. The highest BCUT2D eigenvalue weighted by molar-refractivity contribution is 7.98. The highest BCUT2D eigenvalue weighted by Gasteiger charge is 2.17. The second-order valence-electron chi connectivity index (χ2n) is 7.04. The minimum Gasteiger partial charge on any atom is -0.281 e. The molecule has 8 heteroatoms. The van der Waals surface area contributed by atoms with E-state index in [-0.39, 0.29) is 18.0 Å². The molecule has 0 bridgehead atoms. The predicted octanol–water partition coefficient (Wildman–Crippen LogP) is 3.92. The van der Waals surface area contributed by atoms with Crippen LogP contribution in [-0.2, 0) is 12.3 Å². The lowest BCUT2D eigenvalue weighted by molar-refractivity contribution is 0.712. The van der Waals surface area contributed by atoms with Crippen LogP contribution >= 0.6 is 11.8 Å². The molecule has 7 nitrogen and oxygen atoms in total. The van der Waals surface area contributed by atoms with Gasteiger partial charge in [-0.05, 0) is 24.3 Å². The van der Waals surface area contributed by atoms with E-state index in [1.807, 2.05) is 41.1 Å². The van der Waals surface area contributed by atoms with Crippen molar-refractivity contribution in [1.82, 2.24) is 24.3 Å². The van der Waals surface area contributed by atoms with Gasteiger partial charge in [0, 0.05) is 5.92 Å². The van der Waals surface area contributed by atoms with Crippen LogP contribution in [0.3, 0.4) is 0 Å². The van der Waals surface area contributed by atoms with Crippen LogP contribution in [0.1, 0.15) is 31.4 Å². The smallest absolute Gasteiger partial charge is 0.262 e. The maximum Gasteiger partial charge on any atom is 0.262 e. The molecule has 0 N–H and O–H groups in total. The number of thioether (sulfide) groups is 1. The van der Waals surface area contributed by atoms with Crippen molar-refractivity contribution in [2.75, 3.05) is 0 Å². The largest absolute Gasteiger partial charge is 0.281 e. The average Bonchev–Trinajstić information content (AvgIpc) is 3.20. The number of hydrogen-bond acceptors (Lipinski definition) is 6. The molecule has 2 aromatic carbocycles. The Balaban J connectivity index is 1.69. The van der Waals surface area contributed by atoms with Crippen molar-refractivity contribution in [3.8, 4) is 11.8 Å². The molecule has 4 aromatic rings. The molecule has 2 aromatic heterocycles. The zero-order valence-electron chi connectivity index (χ0n) is 16.7. The van der Waals surface area contributed by atoms with Crippen LogP contribution in [0.15, 0.2) is 64.5 Å². The first-order valence-electron chi connectivity index (χ1n) is 9.59. The number of para-hydroxylation sites is 2. The predicted molar refractivity (Wildman–Crippen MR) is 117 cm³/mol. The third-order valence-corrected chi connectivity index (χ3v) is 5.46. The van der Waals surface area contributed by atoms with E-state index in [2.05, 4.69) is 30.0 Å². The van der Waals surface area contributed by atoms with Crippen molar-refractivity contribution in [2.45, 2.75) is 37.2 Å². The van der Waals surface area contributed by atoms with Gasteiger partial charge in [0.2, 0.25) is 5.16 Å². The molecule has 0 saturated carbocycles. The summed E-state index contributed by atoms with van der Waals surface area (Å²) in [4.78, 5) is 22.1. The first-order chi connectivity index (χ1) is 14.6. The number of nitrogens with zero attached hydrogens (tertiary/aromatic N) is 6. The highest BCUT2D eigenvalue weighted by atomic mass is 32.2. The minimum atomic E-state index is -0.205.